The van der Waals surface area contributed by atoms with Crippen molar-refractivity contribution >= 4 is 29.3 Å². The third kappa shape index (κ3) is 3.90. The Bertz CT molecular complexity index is 826. The SMILES string of the molecule is N#C/C(=C/c1ccc(Cl)cc1)C(=O)Nc1ccc(F)c(F)c1F. The van der Waals surface area contributed by atoms with Crippen LogP contribution in [-0.4, -0.2) is 5.91 Å². The quantitative estimate of drug-likeness (QED) is 0.516. The van der Waals surface area contributed by atoms with E-state index in [1.165, 1.54) is 6.08 Å². The molecule has 0 aliphatic rings. The largest absolute Gasteiger partial charge is 0.319 e. The number of carbonyl (C=O) groups is 1. The summed E-state index contributed by atoms with van der Waals surface area (Å²) in [7, 11) is 0. The molecule has 2 aromatic rings. The molecule has 0 spiro atoms. The van der Waals surface area contributed by atoms with Gasteiger partial charge in [0.1, 0.15) is 11.6 Å². The Morgan fingerprint density at radius 3 is 2.35 bits per heavy atom. The van der Waals surface area contributed by atoms with Crippen molar-refractivity contribution in [1.82, 2.24) is 0 Å². The van der Waals surface area contributed by atoms with Gasteiger partial charge in [0.05, 0.1) is 5.69 Å². The molecule has 0 aliphatic heterocycles. The van der Waals surface area contributed by atoms with E-state index in [1.807, 2.05) is 5.32 Å². The van der Waals surface area contributed by atoms with E-state index in [1.54, 1.807) is 30.3 Å². The van der Waals surface area contributed by atoms with Crippen molar-refractivity contribution < 1.29 is 18.0 Å². The molecule has 3 nitrogen and oxygen atoms in total. The van der Waals surface area contributed by atoms with Gasteiger partial charge in [0.2, 0.25) is 0 Å². The molecule has 1 N–H and O–H groups in total. The van der Waals surface area contributed by atoms with Crippen LogP contribution >= 0.6 is 11.6 Å². The molecular formula is C16H8ClF3N2O. The lowest BCUT2D eigenvalue weighted by Gasteiger charge is -2.06. The Kier molecular flexibility index (Phi) is 5.04. The summed E-state index contributed by atoms with van der Waals surface area (Å²) >= 11 is 5.72. The third-order valence-corrected chi connectivity index (χ3v) is 3.08. The number of amides is 1. The summed E-state index contributed by atoms with van der Waals surface area (Å²) in [5, 5.41) is 11.5. The maximum Gasteiger partial charge on any atom is 0.266 e. The summed E-state index contributed by atoms with van der Waals surface area (Å²) in [6.45, 7) is 0. The third-order valence-electron chi connectivity index (χ3n) is 2.83. The van der Waals surface area contributed by atoms with Gasteiger partial charge in [-0.3, -0.25) is 4.79 Å². The van der Waals surface area contributed by atoms with Crippen LogP contribution in [0.5, 0.6) is 0 Å². The second-order valence-electron chi connectivity index (χ2n) is 4.40. The van der Waals surface area contributed by atoms with Crippen LogP contribution < -0.4 is 5.32 Å². The first-order valence-corrected chi connectivity index (χ1v) is 6.62. The number of rotatable bonds is 3. The zero-order valence-corrected chi connectivity index (χ0v) is 12.2. The van der Waals surface area contributed by atoms with Gasteiger partial charge in [0.25, 0.3) is 5.91 Å². The number of halogens is 4. The Balaban J connectivity index is 2.26. The van der Waals surface area contributed by atoms with Gasteiger partial charge in [-0.25, -0.2) is 13.2 Å². The minimum absolute atomic E-state index is 0.337. The van der Waals surface area contributed by atoms with E-state index in [0.29, 0.717) is 16.7 Å². The molecule has 116 valence electrons. The molecule has 0 atom stereocenters. The highest BCUT2D eigenvalue weighted by Gasteiger charge is 2.17. The average Bonchev–Trinajstić information content (AvgIpc) is 2.54. The van der Waals surface area contributed by atoms with Crippen LogP contribution in [0.3, 0.4) is 0 Å². The standard InChI is InChI=1S/C16H8ClF3N2O/c17-11-3-1-9(2-4-11)7-10(8-21)16(23)22-13-6-5-12(18)14(19)15(13)20/h1-7H,(H,22,23)/b10-7-. The molecular weight excluding hydrogens is 329 g/mol. The number of carbonyl (C=O) groups excluding carboxylic acids is 1. The lowest BCUT2D eigenvalue weighted by molar-refractivity contribution is -0.112. The van der Waals surface area contributed by atoms with E-state index in [0.717, 1.165) is 6.07 Å². The number of nitriles is 1. The highest BCUT2D eigenvalue weighted by Crippen LogP contribution is 2.20. The zero-order chi connectivity index (χ0) is 17.0. The topological polar surface area (TPSA) is 52.9 Å². The Morgan fingerprint density at radius 1 is 1.09 bits per heavy atom. The van der Waals surface area contributed by atoms with Gasteiger partial charge in [-0.15, -0.1) is 0 Å². The van der Waals surface area contributed by atoms with E-state index in [4.69, 9.17) is 16.9 Å². The van der Waals surface area contributed by atoms with Gasteiger partial charge < -0.3 is 5.32 Å². The van der Waals surface area contributed by atoms with E-state index in [9.17, 15) is 18.0 Å². The molecule has 7 heteroatoms. The molecule has 0 saturated carbocycles. The fraction of sp³-hybridized carbons (Fsp3) is 0. The molecule has 0 radical (unpaired) electrons. The summed E-state index contributed by atoms with van der Waals surface area (Å²) in [6.07, 6.45) is 1.25. The fourth-order valence-electron chi connectivity index (χ4n) is 1.69. The molecule has 0 bridgehead atoms. The van der Waals surface area contributed by atoms with Crippen LogP contribution in [0, 0.1) is 28.8 Å². The van der Waals surface area contributed by atoms with Crippen molar-refractivity contribution in [3.63, 3.8) is 0 Å². The Morgan fingerprint density at radius 2 is 1.74 bits per heavy atom. The lowest BCUT2D eigenvalue weighted by Crippen LogP contribution is -2.15. The molecule has 23 heavy (non-hydrogen) atoms. The highest BCUT2D eigenvalue weighted by atomic mass is 35.5. The summed E-state index contributed by atoms with van der Waals surface area (Å²) in [5.74, 6) is -5.57. The van der Waals surface area contributed by atoms with Crippen molar-refractivity contribution in [2.75, 3.05) is 5.32 Å². The maximum atomic E-state index is 13.5. The number of benzene rings is 2. The van der Waals surface area contributed by atoms with Crippen LogP contribution in [0.4, 0.5) is 18.9 Å². The van der Waals surface area contributed by atoms with Crippen molar-refractivity contribution in [3.8, 4) is 6.07 Å². The van der Waals surface area contributed by atoms with Gasteiger partial charge in [0, 0.05) is 5.02 Å². The minimum Gasteiger partial charge on any atom is -0.319 e. The molecule has 2 rings (SSSR count). The second-order valence-corrected chi connectivity index (χ2v) is 4.83. The maximum absolute atomic E-state index is 13.5. The normalized spacial score (nSPS) is 11.0. The highest BCUT2D eigenvalue weighted by molar-refractivity contribution is 6.30. The number of nitrogens with zero attached hydrogens (tertiary/aromatic N) is 1. The van der Waals surface area contributed by atoms with Gasteiger partial charge in [-0.05, 0) is 35.9 Å². The number of hydrogen-bond acceptors (Lipinski definition) is 2. The smallest absolute Gasteiger partial charge is 0.266 e. The summed E-state index contributed by atoms with van der Waals surface area (Å²) in [5.41, 5.74) is -0.380. The second kappa shape index (κ2) is 6.99. The van der Waals surface area contributed by atoms with Crippen molar-refractivity contribution in [3.05, 3.63) is 70.0 Å². The first-order valence-electron chi connectivity index (χ1n) is 6.24. The average molecular weight is 337 g/mol. The Labute approximate surface area is 134 Å². The molecule has 0 heterocycles. The fourth-order valence-corrected chi connectivity index (χ4v) is 1.81. The van der Waals surface area contributed by atoms with Crippen molar-refractivity contribution in [2.45, 2.75) is 0 Å². The van der Waals surface area contributed by atoms with Crippen LogP contribution in [0.1, 0.15) is 5.56 Å². The van der Waals surface area contributed by atoms with Gasteiger partial charge >= 0.3 is 0 Å². The number of anilines is 1. The predicted molar refractivity (Wildman–Crippen MR) is 80.0 cm³/mol. The lowest BCUT2D eigenvalue weighted by atomic mass is 10.1. The summed E-state index contributed by atoms with van der Waals surface area (Å²) in [4.78, 5) is 12.0. The van der Waals surface area contributed by atoms with Crippen LogP contribution in [0.15, 0.2) is 42.0 Å². The van der Waals surface area contributed by atoms with E-state index < -0.39 is 29.0 Å². The molecule has 0 aliphatic carbocycles. The van der Waals surface area contributed by atoms with Gasteiger partial charge in [-0.2, -0.15) is 5.26 Å². The monoisotopic (exact) mass is 336 g/mol. The molecule has 0 unspecified atom stereocenters. The molecule has 1 amide bonds. The summed E-state index contributed by atoms with van der Waals surface area (Å²) in [6, 6.07) is 9.47. The molecule has 2 aromatic carbocycles. The van der Waals surface area contributed by atoms with E-state index in [-0.39, 0.29) is 5.57 Å². The summed E-state index contributed by atoms with van der Waals surface area (Å²) < 4.78 is 39.5. The van der Waals surface area contributed by atoms with Gasteiger partial charge in [0.15, 0.2) is 17.5 Å². The predicted octanol–water partition coefficient (Wildman–Crippen LogP) is 4.30. The number of nitrogens with one attached hydrogen (secondary N) is 1. The molecule has 0 fully saturated rings. The molecule has 0 aromatic heterocycles. The minimum atomic E-state index is -1.71. The van der Waals surface area contributed by atoms with Gasteiger partial charge in [-0.1, -0.05) is 23.7 Å². The van der Waals surface area contributed by atoms with Crippen molar-refractivity contribution in [1.29, 1.82) is 5.26 Å². The molecule has 0 saturated heterocycles. The first kappa shape index (κ1) is 16.6. The van der Waals surface area contributed by atoms with Crippen LogP contribution in [0.25, 0.3) is 6.08 Å². The number of hydrogen-bond donors (Lipinski definition) is 1. The van der Waals surface area contributed by atoms with Crippen LogP contribution in [0.2, 0.25) is 5.02 Å². The zero-order valence-electron chi connectivity index (χ0n) is 11.4. The van der Waals surface area contributed by atoms with Crippen LogP contribution in [-0.2, 0) is 4.79 Å². The van der Waals surface area contributed by atoms with E-state index in [2.05, 4.69) is 0 Å². The van der Waals surface area contributed by atoms with Crippen molar-refractivity contribution in [2.24, 2.45) is 0 Å². The van der Waals surface area contributed by atoms with E-state index >= 15 is 0 Å². The first-order chi connectivity index (χ1) is 10.9. The Hall–Kier alpha value is -2.78.